The molecule has 0 amide bonds. The lowest BCUT2D eigenvalue weighted by molar-refractivity contribution is 0.539. The molecule has 0 saturated heterocycles. The van der Waals surface area contributed by atoms with Gasteiger partial charge in [0.1, 0.15) is 5.52 Å². The number of nitrogens with zero attached hydrogens (tertiary/aromatic N) is 3. The molecule has 0 saturated carbocycles. The van der Waals surface area contributed by atoms with Gasteiger partial charge in [-0.25, -0.2) is 4.68 Å². The van der Waals surface area contributed by atoms with Crippen molar-refractivity contribution in [3.63, 3.8) is 0 Å². The highest BCUT2D eigenvalue weighted by atomic mass is 32.2. The quantitative estimate of drug-likeness (QED) is 0.286. The number of anilines is 3. The number of nitrogens with one attached hydrogen (secondary N) is 2. The normalized spacial score (nSPS) is 12.3. The SMILES string of the molecule is CC(C)CC(C)Nc1ccc(Nc2ccccc2)cc1SCn1nnc2ccccc21. The van der Waals surface area contributed by atoms with Crippen LogP contribution in [0.2, 0.25) is 0 Å². The van der Waals surface area contributed by atoms with Gasteiger partial charge in [-0.1, -0.05) is 61.2 Å². The van der Waals surface area contributed by atoms with Gasteiger partial charge in [-0.3, -0.25) is 0 Å². The molecule has 2 N–H and O–H groups in total. The predicted molar refractivity (Wildman–Crippen MR) is 132 cm³/mol. The second kappa shape index (κ2) is 9.88. The van der Waals surface area contributed by atoms with Crippen molar-refractivity contribution in [3.8, 4) is 0 Å². The lowest BCUT2D eigenvalue weighted by Crippen LogP contribution is -2.18. The summed E-state index contributed by atoms with van der Waals surface area (Å²) in [6.07, 6.45) is 1.13. The molecule has 0 spiro atoms. The minimum Gasteiger partial charge on any atom is -0.382 e. The third-order valence-electron chi connectivity index (χ3n) is 5.03. The highest BCUT2D eigenvalue weighted by Crippen LogP contribution is 2.33. The summed E-state index contributed by atoms with van der Waals surface area (Å²) in [5, 5.41) is 15.8. The van der Waals surface area contributed by atoms with Crippen molar-refractivity contribution in [2.24, 2.45) is 5.92 Å². The predicted octanol–water partition coefficient (Wildman–Crippen LogP) is 6.77. The molecule has 0 aliphatic heterocycles. The van der Waals surface area contributed by atoms with E-state index in [4.69, 9.17) is 0 Å². The van der Waals surface area contributed by atoms with Crippen molar-refractivity contribution < 1.29 is 0 Å². The first kappa shape index (κ1) is 21.2. The number of hydrogen-bond acceptors (Lipinski definition) is 5. The van der Waals surface area contributed by atoms with Crippen LogP contribution in [-0.4, -0.2) is 21.0 Å². The maximum absolute atomic E-state index is 4.34. The van der Waals surface area contributed by atoms with E-state index in [0.29, 0.717) is 17.8 Å². The highest BCUT2D eigenvalue weighted by molar-refractivity contribution is 7.98. The molecule has 31 heavy (non-hydrogen) atoms. The molecule has 0 aliphatic carbocycles. The molecule has 1 heterocycles. The van der Waals surface area contributed by atoms with Crippen LogP contribution in [0.3, 0.4) is 0 Å². The fourth-order valence-electron chi connectivity index (χ4n) is 3.70. The van der Waals surface area contributed by atoms with Gasteiger partial charge in [0, 0.05) is 28.0 Å². The second-order valence-electron chi connectivity index (χ2n) is 8.23. The van der Waals surface area contributed by atoms with Crippen molar-refractivity contribution in [1.82, 2.24) is 15.0 Å². The maximum Gasteiger partial charge on any atom is 0.113 e. The van der Waals surface area contributed by atoms with E-state index in [1.165, 1.54) is 4.90 Å². The lowest BCUT2D eigenvalue weighted by Gasteiger charge is -2.20. The number of para-hydroxylation sites is 2. The van der Waals surface area contributed by atoms with Gasteiger partial charge in [-0.05, 0) is 61.7 Å². The average molecular weight is 432 g/mol. The Kier molecular flexibility index (Phi) is 6.77. The van der Waals surface area contributed by atoms with Crippen LogP contribution in [0, 0.1) is 5.92 Å². The molecule has 1 aromatic heterocycles. The average Bonchev–Trinajstić information content (AvgIpc) is 3.17. The third kappa shape index (κ3) is 5.58. The lowest BCUT2D eigenvalue weighted by atomic mass is 10.1. The summed E-state index contributed by atoms with van der Waals surface area (Å²) in [5.41, 5.74) is 5.28. The van der Waals surface area contributed by atoms with E-state index >= 15 is 0 Å². The zero-order valence-corrected chi connectivity index (χ0v) is 19.1. The van der Waals surface area contributed by atoms with Crippen LogP contribution in [0.5, 0.6) is 0 Å². The van der Waals surface area contributed by atoms with Crippen LogP contribution in [0.1, 0.15) is 27.2 Å². The van der Waals surface area contributed by atoms with Gasteiger partial charge >= 0.3 is 0 Å². The fraction of sp³-hybridized carbons (Fsp3) is 0.280. The maximum atomic E-state index is 4.34. The smallest absolute Gasteiger partial charge is 0.113 e. The molecule has 4 aromatic rings. The Labute approximate surface area is 188 Å². The first-order chi connectivity index (χ1) is 15.1. The molecule has 1 atom stereocenters. The molecule has 3 aromatic carbocycles. The van der Waals surface area contributed by atoms with E-state index in [1.54, 1.807) is 11.8 Å². The Morgan fingerprint density at radius 1 is 0.903 bits per heavy atom. The largest absolute Gasteiger partial charge is 0.382 e. The zero-order valence-electron chi connectivity index (χ0n) is 18.2. The van der Waals surface area contributed by atoms with Crippen molar-refractivity contribution in [1.29, 1.82) is 0 Å². The van der Waals surface area contributed by atoms with E-state index in [9.17, 15) is 0 Å². The van der Waals surface area contributed by atoms with Crippen LogP contribution in [0.15, 0.2) is 77.7 Å². The Morgan fingerprint density at radius 3 is 2.48 bits per heavy atom. The van der Waals surface area contributed by atoms with Crippen molar-refractivity contribution in [2.75, 3.05) is 10.6 Å². The summed E-state index contributed by atoms with van der Waals surface area (Å²) in [4.78, 5) is 1.19. The van der Waals surface area contributed by atoms with Gasteiger partial charge in [0.15, 0.2) is 0 Å². The molecule has 0 fully saturated rings. The summed E-state index contributed by atoms with van der Waals surface area (Å²) in [5.74, 6) is 1.35. The Hall–Kier alpha value is -2.99. The van der Waals surface area contributed by atoms with Gasteiger partial charge in [0.2, 0.25) is 0 Å². The Bertz CT molecular complexity index is 1120. The van der Waals surface area contributed by atoms with E-state index in [1.807, 2.05) is 41.1 Å². The van der Waals surface area contributed by atoms with Crippen LogP contribution < -0.4 is 10.6 Å². The van der Waals surface area contributed by atoms with Crippen LogP contribution in [0.25, 0.3) is 11.0 Å². The summed E-state index contributed by atoms with van der Waals surface area (Å²) < 4.78 is 1.96. The minimum absolute atomic E-state index is 0.402. The second-order valence-corrected chi connectivity index (χ2v) is 9.21. The summed E-state index contributed by atoms with van der Waals surface area (Å²) in [6.45, 7) is 6.77. The van der Waals surface area contributed by atoms with E-state index in [0.717, 1.165) is 34.5 Å². The number of hydrogen-bond donors (Lipinski definition) is 2. The molecule has 1 unspecified atom stereocenters. The molecule has 0 radical (unpaired) electrons. The first-order valence-corrected chi connectivity index (χ1v) is 11.7. The molecule has 160 valence electrons. The van der Waals surface area contributed by atoms with Crippen molar-refractivity contribution in [3.05, 3.63) is 72.8 Å². The molecular formula is C25H29N5S. The van der Waals surface area contributed by atoms with Crippen molar-refractivity contribution in [2.45, 2.75) is 44.0 Å². The molecule has 6 heteroatoms. The van der Waals surface area contributed by atoms with Gasteiger partial charge in [0.25, 0.3) is 0 Å². The first-order valence-electron chi connectivity index (χ1n) is 10.7. The molecule has 5 nitrogen and oxygen atoms in total. The minimum atomic E-state index is 0.402. The topological polar surface area (TPSA) is 54.8 Å². The molecule has 4 rings (SSSR count). The monoisotopic (exact) mass is 431 g/mol. The van der Waals surface area contributed by atoms with E-state index in [2.05, 4.69) is 78.1 Å². The number of rotatable bonds is 9. The summed E-state index contributed by atoms with van der Waals surface area (Å²) >= 11 is 1.76. The summed E-state index contributed by atoms with van der Waals surface area (Å²) in [6, 6.07) is 25.2. The number of aromatic nitrogens is 3. The Balaban J connectivity index is 1.57. The van der Waals surface area contributed by atoms with Crippen LogP contribution in [-0.2, 0) is 5.88 Å². The zero-order chi connectivity index (χ0) is 21.6. The van der Waals surface area contributed by atoms with Gasteiger partial charge < -0.3 is 10.6 Å². The summed E-state index contributed by atoms with van der Waals surface area (Å²) in [7, 11) is 0. The standard InChI is InChI=1S/C25H29N5S/c1-18(2)15-19(3)26-23-14-13-21(27-20-9-5-4-6-10-20)16-25(23)31-17-30-24-12-8-7-11-22(24)28-29-30/h4-14,16,18-19,26-27H,15,17H2,1-3H3. The fourth-order valence-corrected chi connectivity index (χ4v) is 4.65. The van der Waals surface area contributed by atoms with E-state index < -0.39 is 0 Å². The van der Waals surface area contributed by atoms with Crippen molar-refractivity contribution >= 4 is 39.9 Å². The van der Waals surface area contributed by atoms with E-state index in [-0.39, 0.29) is 0 Å². The number of fused-ring (bicyclic) bond motifs is 1. The molecule has 0 bridgehead atoms. The van der Waals surface area contributed by atoms with Gasteiger partial charge in [-0.2, -0.15) is 0 Å². The van der Waals surface area contributed by atoms with Crippen LogP contribution in [0.4, 0.5) is 17.1 Å². The number of thioether (sulfide) groups is 1. The van der Waals surface area contributed by atoms with Gasteiger partial charge in [-0.15, -0.1) is 5.10 Å². The Morgan fingerprint density at radius 2 is 1.68 bits per heavy atom. The van der Waals surface area contributed by atoms with Crippen LogP contribution >= 0.6 is 11.8 Å². The molecule has 0 aliphatic rings. The number of benzene rings is 3. The molecular weight excluding hydrogens is 402 g/mol. The van der Waals surface area contributed by atoms with Gasteiger partial charge in [0.05, 0.1) is 11.4 Å². The third-order valence-corrected chi connectivity index (χ3v) is 6.06. The highest BCUT2D eigenvalue weighted by Gasteiger charge is 2.12.